The Labute approximate surface area is 119 Å². The summed E-state index contributed by atoms with van der Waals surface area (Å²) in [4.78, 5) is 12.4. The van der Waals surface area contributed by atoms with E-state index in [4.69, 9.17) is 10.2 Å². The first-order valence-corrected chi connectivity index (χ1v) is 6.75. The maximum atomic E-state index is 12.4. The van der Waals surface area contributed by atoms with Gasteiger partial charge in [0.15, 0.2) is 0 Å². The molecule has 0 spiro atoms. The van der Waals surface area contributed by atoms with Crippen LogP contribution in [-0.4, -0.2) is 12.5 Å². The van der Waals surface area contributed by atoms with Gasteiger partial charge in [0.1, 0.15) is 5.76 Å². The number of aryl methyl sites for hydroxylation is 1. The molecule has 0 aliphatic carbocycles. The predicted octanol–water partition coefficient (Wildman–Crippen LogP) is 2.45. The number of carbonyl (C=O) groups is 1. The summed E-state index contributed by atoms with van der Waals surface area (Å²) in [6.45, 7) is 4.20. The van der Waals surface area contributed by atoms with Crippen molar-refractivity contribution in [2.75, 3.05) is 6.54 Å². The monoisotopic (exact) mass is 272 g/mol. The van der Waals surface area contributed by atoms with Gasteiger partial charge in [-0.3, -0.25) is 4.79 Å². The summed E-state index contributed by atoms with van der Waals surface area (Å²) in [5.74, 6) is 0.530. The van der Waals surface area contributed by atoms with Crippen molar-refractivity contribution in [3.05, 3.63) is 59.5 Å². The Kier molecular flexibility index (Phi) is 4.25. The van der Waals surface area contributed by atoms with E-state index in [0.717, 1.165) is 5.56 Å². The van der Waals surface area contributed by atoms with Crippen LogP contribution in [0, 0.1) is 0 Å². The van der Waals surface area contributed by atoms with E-state index in [0.29, 0.717) is 24.3 Å². The highest BCUT2D eigenvalue weighted by molar-refractivity contribution is 5.95. The molecule has 0 fully saturated rings. The van der Waals surface area contributed by atoms with Crippen molar-refractivity contribution in [3.63, 3.8) is 0 Å². The highest BCUT2D eigenvalue weighted by atomic mass is 16.3. The average Bonchev–Trinajstić information content (AvgIpc) is 2.96. The lowest BCUT2D eigenvalue weighted by Crippen LogP contribution is -2.48. The highest BCUT2D eigenvalue weighted by Crippen LogP contribution is 2.21. The van der Waals surface area contributed by atoms with Gasteiger partial charge in [-0.2, -0.15) is 0 Å². The van der Waals surface area contributed by atoms with Crippen LogP contribution in [0.15, 0.2) is 47.1 Å². The van der Waals surface area contributed by atoms with Crippen molar-refractivity contribution >= 4 is 5.91 Å². The molecule has 0 saturated heterocycles. The average molecular weight is 272 g/mol. The van der Waals surface area contributed by atoms with Crippen molar-refractivity contribution < 1.29 is 9.21 Å². The highest BCUT2D eigenvalue weighted by Gasteiger charge is 2.28. The molecule has 0 aliphatic rings. The number of hydrogen-bond acceptors (Lipinski definition) is 3. The van der Waals surface area contributed by atoms with Gasteiger partial charge in [-0.25, -0.2) is 0 Å². The van der Waals surface area contributed by atoms with Crippen LogP contribution in [0.1, 0.15) is 35.5 Å². The number of hydrogen-bond donors (Lipinski definition) is 2. The predicted molar refractivity (Wildman–Crippen MR) is 78.4 cm³/mol. The molecule has 2 rings (SSSR count). The molecule has 0 saturated carbocycles. The van der Waals surface area contributed by atoms with Crippen molar-refractivity contribution in [2.24, 2.45) is 5.73 Å². The third-order valence-electron chi connectivity index (χ3n) is 3.52. The lowest BCUT2D eigenvalue weighted by atomic mass is 9.91. The van der Waals surface area contributed by atoms with Gasteiger partial charge >= 0.3 is 0 Å². The summed E-state index contributed by atoms with van der Waals surface area (Å²) in [5.41, 5.74) is 6.83. The summed E-state index contributed by atoms with van der Waals surface area (Å²) in [6.07, 6.45) is 2.22. The van der Waals surface area contributed by atoms with E-state index in [1.54, 1.807) is 6.07 Å². The van der Waals surface area contributed by atoms with Crippen LogP contribution in [0.25, 0.3) is 0 Å². The summed E-state index contributed by atoms with van der Waals surface area (Å²) < 4.78 is 5.30. The summed E-state index contributed by atoms with van der Waals surface area (Å²) in [5, 5.41) is 3.01. The van der Waals surface area contributed by atoms with Crippen molar-refractivity contribution in [1.82, 2.24) is 5.32 Å². The Morgan fingerprint density at radius 1 is 1.30 bits per heavy atom. The third kappa shape index (κ3) is 2.75. The molecule has 0 radical (unpaired) electrons. The normalized spacial score (nSPS) is 13.8. The van der Waals surface area contributed by atoms with Crippen LogP contribution in [0.4, 0.5) is 0 Å². The van der Waals surface area contributed by atoms with Gasteiger partial charge in [-0.05, 0) is 18.6 Å². The number of nitrogens with one attached hydrogen (secondary N) is 1. The van der Waals surface area contributed by atoms with Gasteiger partial charge in [0.05, 0.1) is 17.4 Å². The van der Waals surface area contributed by atoms with Crippen molar-refractivity contribution in [2.45, 2.75) is 25.8 Å². The first-order chi connectivity index (χ1) is 9.60. The number of amides is 1. The lowest BCUT2D eigenvalue weighted by molar-refractivity contribution is 0.0905. The SMILES string of the molecule is CCc1occc1C(=O)NC(C)(CN)c1ccccc1. The zero-order chi connectivity index (χ0) is 14.6. The van der Waals surface area contributed by atoms with E-state index in [-0.39, 0.29) is 5.91 Å². The second-order valence-electron chi connectivity index (χ2n) is 4.97. The van der Waals surface area contributed by atoms with E-state index < -0.39 is 5.54 Å². The molecule has 1 amide bonds. The second-order valence-corrected chi connectivity index (χ2v) is 4.97. The molecule has 4 nitrogen and oxygen atoms in total. The molecule has 1 atom stereocenters. The van der Waals surface area contributed by atoms with Crippen molar-refractivity contribution in [3.8, 4) is 0 Å². The first-order valence-electron chi connectivity index (χ1n) is 6.75. The first kappa shape index (κ1) is 14.3. The van der Waals surface area contributed by atoms with Crippen molar-refractivity contribution in [1.29, 1.82) is 0 Å². The Morgan fingerprint density at radius 2 is 2.00 bits per heavy atom. The molecule has 4 heteroatoms. The molecular weight excluding hydrogens is 252 g/mol. The fraction of sp³-hybridized carbons (Fsp3) is 0.312. The molecular formula is C16H20N2O2. The van der Waals surface area contributed by atoms with Gasteiger partial charge in [0.2, 0.25) is 0 Å². The maximum absolute atomic E-state index is 12.4. The smallest absolute Gasteiger partial charge is 0.255 e. The summed E-state index contributed by atoms with van der Waals surface area (Å²) in [6, 6.07) is 11.4. The topological polar surface area (TPSA) is 68.3 Å². The number of nitrogens with two attached hydrogens (primary N) is 1. The molecule has 2 aromatic rings. The van der Waals surface area contributed by atoms with E-state index in [1.807, 2.05) is 44.2 Å². The standard InChI is InChI=1S/C16H20N2O2/c1-3-14-13(9-10-20-14)15(19)18-16(2,11-17)12-7-5-4-6-8-12/h4-10H,3,11,17H2,1-2H3,(H,18,19). The minimum atomic E-state index is -0.597. The largest absolute Gasteiger partial charge is 0.469 e. The van der Waals surface area contributed by atoms with Crippen LogP contribution in [0.2, 0.25) is 0 Å². The number of furan rings is 1. The van der Waals surface area contributed by atoms with E-state index >= 15 is 0 Å². The minimum Gasteiger partial charge on any atom is -0.469 e. The number of benzene rings is 1. The molecule has 20 heavy (non-hydrogen) atoms. The minimum absolute atomic E-state index is 0.160. The maximum Gasteiger partial charge on any atom is 0.255 e. The van der Waals surface area contributed by atoms with Gasteiger partial charge < -0.3 is 15.5 Å². The molecule has 0 bridgehead atoms. The second kappa shape index (κ2) is 5.92. The van der Waals surface area contributed by atoms with Gasteiger partial charge in [0.25, 0.3) is 5.91 Å². The molecule has 106 valence electrons. The summed E-state index contributed by atoms with van der Waals surface area (Å²) in [7, 11) is 0. The number of carbonyl (C=O) groups excluding carboxylic acids is 1. The Bertz CT molecular complexity index is 577. The fourth-order valence-electron chi connectivity index (χ4n) is 2.18. The van der Waals surface area contributed by atoms with E-state index in [2.05, 4.69) is 5.32 Å². The van der Waals surface area contributed by atoms with Gasteiger partial charge in [-0.15, -0.1) is 0 Å². The molecule has 3 N–H and O–H groups in total. The quantitative estimate of drug-likeness (QED) is 0.878. The molecule has 1 aromatic carbocycles. The zero-order valence-electron chi connectivity index (χ0n) is 11.8. The summed E-state index contributed by atoms with van der Waals surface area (Å²) >= 11 is 0. The molecule has 1 aromatic heterocycles. The Balaban J connectivity index is 2.24. The van der Waals surface area contributed by atoms with Crippen LogP contribution < -0.4 is 11.1 Å². The van der Waals surface area contributed by atoms with Gasteiger partial charge in [0, 0.05) is 13.0 Å². The molecule has 1 unspecified atom stereocenters. The Hall–Kier alpha value is -2.07. The van der Waals surface area contributed by atoms with Crippen LogP contribution in [-0.2, 0) is 12.0 Å². The lowest BCUT2D eigenvalue weighted by Gasteiger charge is -2.30. The molecule has 0 aliphatic heterocycles. The zero-order valence-corrected chi connectivity index (χ0v) is 11.8. The van der Waals surface area contributed by atoms with Gasteiger partial charge in [-0.1, -0.05) is 37.3 Å². The third-order valence-corrected chi connectivity index (χ3v) is 3.52. The molecule has 1 heterocycles. The number of rotatable bonds is 5. The fourth-order valence-corrected chi connectivity index (χ4v) is 2.18. The van der Waals surface area contributed by atoms with Crippen LogP contribution >= 0.6 is 0 Å². The Morgan fingerprint density at radius 3 is 2.60 bits per heavy atom. The van der Waals surface area contributed by atoms with E-state index in [9.17, 15) is 4.79 Å². The van der Waals surface area contributed by atoms with Crippen LogP contribution in [0.5, 0.6) is 0 Å². The van der Waals surface area contributed by atoms with E-state index in [1.165, 1.54) is 6.26 Å². The van der Waals surface area contributed by atoms with Crippen LogP contribution in [0.3, 0.4) is 0 Å².